The molecule has 5 unspecified atom stereocenters. The molecule has 1 saturated carbocycles. The second kappa shape index (κ2) is 11.2. The molecule has 3 heteroatoms. The van der Waals surface area contributed by atoms with Gasteiger partial charge < -0.3 is 14.2 Å². The van der Waals surface area contributed by atoms with Gasteiger partial charge in [0, 0.05) is 5.41 Å². The van der Waals surface area contributed by atoms with Gasteiger partial charge in [0.15, 0.2) is 0 Å². The summed E-state index contributed by atoms with van der Waals surface area (Å²) in [5.74, 6) is 4.92. The highest BCUT2D eigenvalue weighted by atomic mass is 16.7. The molecule has 1 aromatic carbocycles. The SMILES string of the molecule is CC(C)CC(c1ccc(OC(OCCOC2=CCCC=C2)C2(C)CC3C=CC2C3)cc1)C(C)C. The first kappa shape index (κ1) is 25.1. The van der Waals surface area contributed by atoms with Crippen molar-refractivity contribution in [2.45, 2.75) is 78.9 Å². The van der Waals surface area contributed by atoms with Crippen LogP contribution in [0.1, 0.15) is 78.2 Å². The second-order valence-corrected chi connectivity index (χ2v) is 11.5. The van der Waals surface area contributed by atoms with Crippen LogP contribution in [0.25, 0.3) is 0 Å². The van der Waals surface area contributed by atoms with Gasteiger partial charge in [0.25, 0.3) is 0 Å². The van der Waals surface area contributed by atoms with Gasteiger partial charge in [0.1, 0.15) is 18.1 Å². The Hall–Kier alpha value is -2.00. The van der Waals surface area contributed by atoms with E-state index in [-0.39, 0.29) is 11.7 Å². The number of hydrogen-bond donors (Lipinski definition) is 0. The smallest absolute Gasteiger partial charge is 0.205 e. The number of fused-ring (bicyclic) bond motifs is 2. The van der Waals surface area contributed by atoms with Crippen LogP contribution < -0.4 is 4.74 Å². The Morgan fingerprint density at radius 3 is 2.38 bits per heavy atom. The molecule has 2 bridgehead atoms. The molecule has 0 aliphatic heterocycles. The lowest BCUT2D eigenvalue weighted by atomic mass is 9.77. The van der Waals surface area contributed by atoms with E-state index in [0.717, 1.165) is 30.8 Å². The number of ether oxygens (including phenoxy) is 3. The Bertz CT molecular complexity index is 878. The molecule has 0 aromatic heterocycles. The lowest BCUT2D eigenvalue weighted by molar-refractivity contribution is -0.166. The molecule has 3 aliphatic carbocycles. The molecule has 0 heterocycles. The molecule has 0 N–H and O–H groups in total. The maximum Gasteiger partial charge on any atom is 0.205 e. The molecular weight excluding hydrogens is 420 g/mol. The molecule has 0 amide bonds. The molecule has 0 spiro atoms. The number of hydrogen-bond acceptors (Lipinski definition) is 3. The molecule has 1 fully saturated rings. The highest BCUT2D eigenvalue weighted by Gasteiger charge is 2.51. The van der Waals surface area contributed by atoms with Crippen LogP contribution in [0.5, 0.6) is 5.75 Å². The Morgan fingerprint density at radius 1 is 1.00 bits per heavy atom. The van der Waals surface area contributed by atoms with Crippen molar-refractivity contribution >= 4 is 0 Å². The van der Waals surface area contributed by atoms with E-state index >= 15 is 0 Å². The lowest BCUT2D eigenvalue weighted by Crippen LogP contribution is -2.42. The molecule has 5 atom stereocenters. The van der Waals surface area contributed by atoms with Crippen LogP contribution in [0.15, 0.2) is 60.4 Å². The van der Waals surface area contributed by atoms with Gasteiger partial charge in [-0.05, 0) is 91.5 Å². The summed E-state index contributed by atoms with van der Waals surface area (Å²) in [5, 5.41) is 0. The number of allylic oxidation sites excluding steroid dienone is 5. The Balaban J connectivity index is 1.42. The molecule has 186 valence electrons. The minimum atomic E-state index is -0.283. The van der Waals surface area contributed by atoms with Crippen LogP contribution in [0.4, 0.5) is 0 Å². The topological polar surface area (TPSA) is 27.7 Å². The van der Waals surface area contributed by atoms with Gasteiger partial charge in [-0.2, -0.15) is 0 Å². The van der Waals surface area contributed by atoms with Gasteiger partial charge in [0.05, 0.1) is 6.61 Å². The first-order valence-corrected chi connectivity index (χ1v) is 13.4. The predicted octanol–water partition coefficient (Wildman–Crippen LogP) is 8.05. The summed E-state index contributed by atoms with van der Waals surface area (Å²) in [5.41, 5.74) is 1.39. The molecule has 4 rings (SSSR count). The highest BCUT2D eigenvalue weighted by molar-refractivity contribution is 5.30. The fourth-order valence-corrected chi connectivity index (χ4v) is 5.99. The first-order valence-electron chi connectivity index (χ1n) is 13.4. The van der Waals surface area contributed by atoms with Gasteiger partial charge in [-0.1, -0.05) is 65.0 Å². The average Bonchev–Trinajstić information content (AvgIpc) is 3.42. The third-order valence-electron chi connectivity index (χ3n) is 7.92. The fourth-order valence-electron chi connectivity index (χ4n) is 5.99. The van der Waals surface area contributed by atoms with Crippen molar-refractivity contribution < 1.29 is 14.2 Å². The van der Waals surface area contributed by atoms with Crippen molar-refractivity contribution in [3.63, 3.8) is 0 Å². The Kier molecular flexibility index (Phi) is 8.24. The monoisotopic (exact) mass is 464 g/mol. The summed E-state index contributed by atoms with van der Waals surface area (Å²) in [7, 11) is 0. The molecule has 1 aromatic rings. The maximum absolute atomic E-state index is 6.58. The largest absolute Gasteiger partial charge is 0.492 e. The Morgan fingerprint density at radius 2 is 1.79 bits per heavy atom. The lowest BCUT2D eigenvalue weighted by Gasteiger charge is -2.38. The fraction of sp³-hybridized carbons (Fsp3) is 0.613. The van der Waals surface area contributed by atoms with Crippen molar-refractivity contribution in [3.05, 3.63) is 66.0 Å². The van der Waals surface area contributed by atoms with Crippen molar-refractivity contribution in [1.82, 2.24) is 0 Å². The van der Waals surface area contributed by atoms with E-state index in [9.17, 15) is 0 Å². The van der Waals surface area contributed by atoms with E-state index in [4.69, 9.17) is 14.2 Å². The van der Waals surface area contributed by atoms with Gasteiger partial charge in [0.2, 0.25) is 6.29 Å². The van der Waals surface area contributed by atoms with Crippen molar-refractivity contribution in [3.8, 4) is 5.75 Å². The molecule has 3 aliphatic rings. The summed E-state index contributed by atoms with van der Waals surface area (Å²) in [6.45, 7) is 12.7. The number of rotatable bonds is 12. The highest BCUT2D eigenvalue weighted by Crippen LogP contribution is 2.54. The molecular formula is C31H44O3. The van der Waals surface area contributed by atoms with Gasteiger partial charge in [-0.15, -0.1) is 0 Å². The van der Waals surface area contributed by atoms with Crippen molar-refractivity contribution in [2.75, 3.05) is 13.2 Å². The summed E-state index contributed by atoms with van der Waals surface area (Å²) in [6, 6.07) is 8.80. The summed E-state index contributed by atoms with van der Waals surface area (Å²) < 4.78 is 18.9. The van der Waals surface area contributed by atoms with Crippen LogP contribution in [0.3, 0.4) is 0 Å². The Labute approximate surface area is 207 Å². The standard InChI is InChI=1S/C31H44O3/c1-22(2)19-29(23(3)4)25-12-15-28(16-13-25)34-30(31(5)21-24-11-14-26(31)20-24)33-18-17-32-27-9-7-6-8-10-27/h7,9-16,22-24,26,29-30H,6,8,17-21H2,1-5H3. The average molecular weight is 465 g/mol. The van der Waals surface area contributed by atoms with Crippen LogP contribution in [-0.4, -0.2) is 19.5 Å². The summed E-state index contributed by atoms with van der Waals surface area (Å²) in [4.78, 5) is 0. The van der Waals surface area contributed by atoms with Crippen molar-refractivity contribution in [1.29, 1.82) is 0 Å². The van der Waals surface area contributed by atoms with Crippen LogP contribution in [-0.2, 0) is 9.47 Å². The van der Waals surface area contributed by atoms with E-state index < -0.39 is 0 Å². The molecule has 3 nitrogen and oxygen atoms in total. The van der Waals surface area contributed by atoms with E-state index in [1.54, 1.807) is 0 Å². The molecule has 34 heavy (non-hydrogen) atoms. The normalized spacial score (nSPS) is 27.3. The minimum absolute atomic E-state index is 0.0137. The number of benzene rings is 1. The van der Waals surface area contributed by atoms with Crippen LogP contribution in [0.2, 0.25) is 0 Å². The van der Waals surface area contributed by atoms with Gasteiger partial charge in [-0.25, -0.2) is 0 Å². The van der Waals surface area contributed by atoms with E-state index in [1.165, 1.54) is 18.4 Å². The summed E-state index contributed by atoms with van der Waals surface area (Å²) >= 11 is 0. The maximum atomic E-state index is 6.58. The van der Waals surface area contributed by atoms with E-state index in [0.29, 0.717) is 42.8 Å². The third-order valence-corrected chi connectivity index (χ3v) is 7.92. The van der Waals surface area contributed by atoms with E-state index in [1.807, 2.05) is 0 Å². The first-order chi connectivity index (χ1) is 16.3. The van der Waals surface area contributed by atoms with Crippen LogP contribution in [0, 0.1) is 29.1 Å². The van der Waals surface area contributed by atoms with Crippen LogP contribution >= 0.6 is 0 Å². The molecule has 0 saturated heterocycles. The van der Waals surface area contributed by atoms with Gasteiger partial charge >= 0.3 is 0 Å². The zero-order valence-corrected chi connectivity index (χ0v) is 21.8. The second-order valence-electron chi connectivity index (χ2n) is 11.5. The predicted molar refractivity (Wildman–Crippen MR) is 140 cm³/mol. The quantitative estimate of drug-likeness (QED) is 0.178. The minimum Gasteiger partial charge on any atom is -0.492 e. The van der Waals surface area contributed by atoms with Gasteiger partial charge in [-0.3, -0.25) is 0 Å². The summed E-state index contributed by atoms with van der Waals surface area (Å²) in [6.07, 6.45) is 16.6. The molecule has 0 radical (unpaired) electrons. The third kappa shape index (κ3) is 5.97. The zero-order valence-electron chi connectivity index (χ0n) is 21.8. The van der Waals surface area contributed by atoms with Crippen molar-refractivity contribution in [2.24, 2.45) is 29.1 Å². The van der Waals surface area contributed by atoms with E-state index in [2.05, 4.69) is 89.3 Å². The zero-order chi connectivity index (χ0) is 24.1.